The van der Waals surface area contributed by atoms with Crippen LogP contribution in [0.4, 0.5) is 17.1 Å². The molecule has 1 heteroatoms. The van der Waals surface area contributed by atoms with Crippen LogP contribution in [-0.2, 0) is 5.41 Å². The maximum Gasteiger partial charge on any atom is 0.0714 e. The van der Waals surface area contributed by atoms with Crippen LogP contribution in [0.25, 0.3) is 55.3 Å². The van der Waals surface area contributed by atoms with Crippen molar-refractivity contribution in [3.8, 4) is 44.5 Å². The van der Waals surface area contributed by atoms with Crippen LogP contribution in [0.15, 0.2) is 249 Å². The summed E-state index contributed by atoms with van der Waals surface area (Å²) in [4.78, 5) is 2.48. The summed E-state index contributed by atoms with van der Waals surface area (Å²) in [5.74, 6) is 0. The smallest absolute Gasteiger partial charge is 0.0714 e. The van der Waals surface area contributed by atoms with Gasteiger partial charge in [0.1, 0.15) is 0 Å². The number of benzene rings is 10. The van der Waals surface area contributed by atoms with E-state index in [1.54, 1.807) is 0 Å². The molecule has 11 rings (SSSR count). The fourth-order valence-corrected chi connectivity index (χ4v) is 9.71. The molecule has 282 valence electrons. The van der Waals surface area contributed by atoms with E-state index < -0.39 is 5.41 Å². The molecule has 0 bridgehead atoms. The number of nitrogens with zero attached hydrogens (tertiary/aromatic N) is 1. The second kappa shape index (κ2) is 14.9. The maximum atomic E-state index is 2.48. The molecule has 0 aromatic heterocycles. The second-order valence-corrected chi connectivity index (χ2v) is 15.6. The SMILES string of the molecule is c1ccc(-c2cccc(N(c3cccc(-c4cccc(-c5cccc6ccccc56)c4)c3)c3cccc4c3-c3ccccc3C4(c3ccccc3)c3ccccc3)c2)cc1. The van der Waals surface area contributed by atoms with Crippen molar-refractivity contribution in [2.75, 3.05) is 4.90 Å². The number of hydrogen-bond acceptors (Lipinski definition) is 1. The molecule has 0 atom stereocenters. The zero-order valence-corrected chi connectivity index (χ0v) is 33.1. The van der Waals surface area contributed by atoms with Gasteiger partial charge in [0.05, 0.1) is 11.1 Å². The lowest BCUT2D eigenvalue weighted by molar-refractivity contribution is 0.768. The van der Waals surface area contributed by atoms with Crippen LogP contribution in [0.3, 0.4) is 0 Å². The molecule has 0 unspecified atom stereocenters. The van der Waals surface area contributed by atoms with Crippen molar-refractivity contribution in [1.82, 2.24) is 0 Å². The summed E-state index contributed by atoms with van der Waals surface area (Å²) in [6, 6.07) is 91.1. The minimum Gasteiger partial charge on any atom is -0.310 e. The number of fused-ring (bicyclic) bond motifs is 4. The predicted octanol–water partition coefficient (Wildman–Crippen LogP) is 15.7. The lowest BCUT2D eigenvalue weighted by Gasteiger charge is -2.34. The average molecular weight is 764 g/mol. The van der Waals surface area contributed by atoms with Crippen molar-refractivity contribution in [3.63, 3.8) is 0 Å². The summed E-state index contributed by atoms with van der Waals surface area (Å²) < 4.78 is 0. The van der Waals surface area contributed by atoms with Gasteiger partial charge < -0.3 is 4.90 Å². The lowest BCUT2D eigenvalue weighted by Crippen LogP contribution is -2.28. The second-order valence-electron chi connectivity index (χ2n) is 15.6. The Hall–Kier alpha value is -7.74. The molecule has 1 aliphatic carbocycles. The molecule has 10 aromatic carbocycles. The van der Waals surface area contributed by atoms with Crippen molar-refractivity contribution < 1.29 is 0 Å². The first kappa shape index (κ1) is 35.4. The highest BCUT2D eigenvalue weighted by molar-refractivity contribution is 5.99. The third-order valence-corrected chi connectivity index (χ3v) is 12.3. The van der Waals surface area contributed by atoms with Gasteiger partial charge in [-0.25, -0.2) is 0 Å². The fourth-order valence-electron chi connectivity index (χ4n) is 9.71. The van der Waals surface area contributed by atoms with Crippen LogP contribution < -0.4 is 4.90 Å². The van der Waals surface area contributed by atoms with Crippen LogP contribution in [0.1, 0.15) is 22.3 Å². The molecular weight excluding hydrogens is 723 g/mol. The lowest BCUT2D eigenvalue weighted by atomic mass is 9.68. The van der Waals surface area contributed by atoms with E-state index in [-0.39, 0.29) is 0 Å². The highest BCUT2D eigenvalue weighted by Crippen LogP contribution is 2.59. The Kier molecular flexibility index (Phi) is 8.79. The van der Waals surface area contributed by atoms with E-state index in [0.29, 0.717) is 0 Å². The van der Waals surface area contributed by atoms with Gasteiger partial charge in [-0.1, -0.05) is 212 Å². The molecular formula is C59H41N. The van der Waals surface area contributed by atoms with Crippen LogP contribution in [0, 0.1) is 0 Å². The van der Waals surface area contributed by atoms with Gasteiger partial charge in [-0.2, -0.15) is 0 Å². The first-order chi connectivity index (χ1) is 29.8. The molecule has 0 saturated heterocycles. The summed E-state index contributed by atoms with van der Waals surface area (Å²) in [5.41, 5.74) is 17.5. The molecule has 0 aliphatic heterocycles. The quantitative estimate of drug-likeness (QED) is 0.149. The molecule has 10 aromatic rings. The van der Waals surface area contributed by atoms with Crippen LogP contribution in [-0.4, -0.2) is 0 Å². The standard InChI is InChI=1S/C59H41N/c1-4-19-42(20-5-1)45-24-15-31-50(40-45)60(51-32-16-25-46(41-51)44-23-14-26-47(39-44)53-35-17-22-43-21-10-11-33-52(43)53)57-38-18-37-56-58(57)54-34-12-13-36-55(54)59(56,48-27-6-2-7-28-48)49-29-8-3-9-30-49/h1-41H. The van der Waals surface area contributed by atoms with E-state index in [0.717, 1.165) is 22.6 Å². The van der Waals surface area contributed by atoms with E-state index in [4.69, 9.17) is 0 Å². The van der Waals surface area contributed by atoms with Gasteiger partial charge in [-0.3, -0.25) is 0 Å². The minimum absolute atomic E-state index is 0.508. The molecule has 0 spiro atoms. The maximum absolute atomic E-state index is 2.48. The Morgan fingerprint density at radius 3 is 1.48 bits per heavy atom. The first-order valence-corrected chi connectivity index (χ1v) is 20.8. The third kappa shape index (κ3) is 5.86. The van der Waals surface area contributed by atoms with Crippen molar-refractivity contribution in [1.29, 1.82) is 0 Å². The fraction of sp³-hybridized carbons (Fsp3) is 0.0169. The molecule has 1 aliphatic rings. The molecule has 0 fully saturated rings. The number of anilines is 3. The van der Waals surface area contributed by atoms with Crippen molar-refractivity contribution in [2.45, 2.75) is 5.41 Å². The van der Waals surface area contributed by atoms with Gasteiger partial charge in [-0.15, -0.1) is 0 Å². The van der Waals surface area contributed by atoms with Crippen molar-refractivity contribution in [2.24, 2.45) is 0 Å². The summed E-state index contributed by atoms with van der Waals surface area (Å²) in [6.07, 6.45) is 0. The molecule has 60 heavy (non-hydrogen) atoms. The van der Waals surface area contributed by atoms with Crippen LogP contribution >= 0.6 is 0 Å². The summed E-state index contributed by atoms with van der Waals surface area (Å²) >= 11 is 0. The van der Waals surface area contributed by atoms with Gasteiger partial charge in [0.15, 0.2) is 0 Å². The van der Waals surface area contributed by atoms with Gasteiger partial charge in [-0.05, 0) is 108 Å². The highest BCUT2D eigenvalue weighted by atomic mass is 15.1. The third-order valence-electron chi connectivity index (χ3n) is 12.3. The minimum atomic E-state index is -0.508. The normalized spacial score (nSPS) is 12.5. The van der Waals surface area contributed by atoms with Gasteiger partial charge in [0.2, 0.25) is 0 Å². The number of hydrogen-bond donors (Lipinski definition) is 0. The summed E-state index contributed by atoms with van der Waals surface area (Å²) in [5, 5.41) is 2.51. The Balaban J connectivity index is 1.14. The number of rotatable bonds is 8. The zero-order valence-electron chi connectivity index (χ0n) is 33.1. The van der Waals surface area contributed by atoms with Gasteiger partial charge >= 0.3 is 0 Å². The van der Waals surface area contributed by atoms with E-state index in [1.807, 2.05) is 0 Å². The first-order valence-electron chi connectivity index (χ1n) is 20.8. The monoisotopic (exact) mass is 763 g/mol. The van der Waals surface area contributed by atoms with Gasteiger partial charge in [0.25, 0.3) is 0 Å². The summed E-state index contributed by atoms with van der Waals surface area (Å²) in [7, 11) is 0. The predicted molar refractivity (Wildman–Crippen MR) is 252 cm³/mol. The van der Waals surface area contributed by atoms with Crippen molar-refractivity contribution in [3.05, 3.63) is 271 Å². The van der Waals surface area contributed by atoms with E-state index in [9.17, 15) is 0 Å². The Morgan fingerprint density at radius 1 is 0.300 bits per heavy atom. The highest BCUT2D eigenvalue weighted by Gasteiger charge is 2.47. The molecule has 1 nitrogen and oxygen atoms in total. The van der Waals surface area contributed by atoms with E-state index >= 15 is 0 Å². The van der Waals surface area contributed by atoms with Crippen LogP contribution in [0.2, 0.25) is 0 Å². The average Bonchev–Trinajstić information content (AvgIpc) is 3.64. The largest absolute Gasteiger partial charge is 0.310 e. The Morgan fingerprint density at radius 2 is 0.767 bits per heavy atom. The van der Waals surface area contributed by atoms with E-state index in [1.165, 1.54) is 72.0 Å². The topological polar surface area (TPSA) is 3.24 Å². The molecule has 0 saturated carbocycles. The van der Waals surface area contributed by atoms with Crippen LogP contribution in [0.5, 0.6) is 0 Å². The Bertz CT molecular complexity index is 3100. The van der Waals surface area contributed by atoms with E-state index in [2.05, 4.69) is 254 Å². The molecule has 0 N–H and O–H groups in total. The Labute approximate surface area is 352 Å². The van der Waals surface area contributed by atoms with Crippen molar-refractivity contribution >= 4 is 27.8 Å². The molecule has 0 amide bonds. The zero-order chi connectivity index (χ0) is 39.9. The molecule has 0 radical (unpaired) electrons. The summed E-state index contributed by atoms with van der Waals surface area (Å²) in [6.45, 7) is 0. The van der Waals surface area contributed by atoms with Gasteiger partial charge in [0, 0.05) is 16.9 Å². The molecule has 0 heterocycles.